The van der Waals surface area contributed by atoms with Crippen molar-refractivity contribution in [1.82, 2.24) is 9.80 Å². The number of benzene rings is 1. The fraction of sp³-hybridized carbons (Fsp3) is 0.647. The second-order valence-corrected chi connectivity index (χ2v) is 6.44. The number of β-amino-alcohol motifs (C(OH)–C–C–N with tert-alkyl or cyclic N) is 1. The Balaban J connectivity index is 1.54. The first-order valence-electron chi connectivity index (χ1n) is 7.85. The van der Waals surface area contributed by atoms with Crippen molar-refractivity contribution in [3.63, 3.8) is 0 Å². The lowest BCUT2D eigenvalue weighted by Crippen LogP contribution is -2.48. The number of aryl methyl sites for hydroxylation is 2. The molecule has 1 aromatic carbocycles. The molecule has 2 fully saturated rings. The molecule has 1 saturated carbocycles. The minimum absolute atomic E-state index is 0.358. The summed E-state index contributed by atoms with van der Waals surface area (Å²) in [6, 6.07) is 7.21. The average Bonchev–Trinajstić information content (AvgIpc) is 3.23. The molecule has 0 spiro atoms. The van der Waals surface area contributed by atoms with Gasteiger partial charge in [0.05, 0.1) is 6.10 Å². The highest BCUT2D eigenvalue weighted by atomic mass is 16.3. The Kier molecular flexibility index (Phi) is 4.11. The number of piperazine rings is 1. The van der Waals surface area contributed by atoms with Crippen LogP contribution in [0, 0.1) is 13.8 Å². The van der Waals surface area contributed by atoms with Gasteiger partial charge in [-0.25, -0.2) is 0 Å². The van der Waals surface area contributed by atoms with E-state index in [-0.39, 0.29) is 6.10 Å². The molecule has 1 aromatic rings. The van der Waals surface area contributed by atoms with Gasteiger partial charge in [-0.05, 0) is 37.8 Å². The van der Waals surface area contributed by atoms with E-state index in [0.29, 0.717) is 0 Å². The summed E-state index contributed by atoms with van der Waals surface area (Å²) < 4.78 is 0. The summed E-state index contributed by atoms with van der Waals surface area (Å²) in [5.74, 6) is 0. The summed E-state index contributed by atoms with van der Waals surface area (Å²) in [6.45, 7) is 9.49. The molecule has 3 nitrogen and oxygen atoms in total. The van der Waals surface area contributed by atoms with E-state index in [0.717, 1.165) is 31.2 Å². The van der Waals surface area contributed by atoms with E-state index in [1.807, 2.05) is 0 Å². The molecule has 1 aliphatic carbocycles. The summed E-state index contributed by atoms with van der Waals surface area (Å²) in [7, 11) is 0. The average molecular weight is 274 g/mol. The van der Waals surface area contributed by atoms with Gasteiger partial charge in [0, 0.05) is 38.8 Å². The molecule has 2 aliphatic rings. The van der Waals surface area contributed by atoms with E-state index in [9.17, 15) is 5.11 Å². The van der Waals surface area contributed by atoms with Gasteiger partial charge < -0.3 is 5.11 Å². The first kappa shape index (κ1) is 14.1. The molecule has 20 heavy (non-hydrogen) atoms. The predicted octanol–water partition coefficient (Wildman–Crippen LogP) is 2.12. The SMILES string of the molecule is Cc1ccc(C(O)CN2CCN(C3CC3)CC2)c(C)c1. The van der Waals surface area contributed by atoms with Crippen LogP contribution in [0.2, 0.25) is 0 Å². The molecule has 1 N–H and O–H groups in total. The summed E-state index contributed by atoms with van der Waals surface area (Å²) in [4.78, 5) is 5.02. The summed E-state index contributed by atoms with van der Waals surface area (Å²) in [6.07, 6.45) is 2.43. The quantitative estimate of drug-likeness (QED) is 0.911. The molecule has 3 rings (SSSR count). The third-order valence-corrected chi connectivity index (χ3v) is 4.69. The Morgan fingerprint density at radius 3 is 2.45 bits per heavy atom. The topological polar surface area (TPSA) is 26.7 Å². The first-order valence-corrected chi connectivity index (χ1v) is 7.85. The van der Waals surface area contributed by atoms with Crippen LogP contribution in [0.4, 0.5) is 0 Å². The highest BCUT2D eigenvalue weighted by Crippen LogP contribution is 2.28. The van der Waals surface area contributed by atoms with Gasteiger partial charge in [-0.15, -0.1) is 0 Å². The highest BCUT2D eigenvalue weighted by molar-refractivity contribution is 5.32. The largest absolute Gasteiger partial charge is 0.387 e. The van der Waals surface area contributed by atoms with Crippen LogP contribution in [0.25, 0.3) is 0 Å². The molecular weight excluding hydrogens is 248 g/mol. The molecule has 1 atom stereocenters. The summed E-state index contributed by atoms with van der Waals surface area (Å²) in [5, 5.41) is 10.5. The van der Waals surface area contributed by atoms with Crippen LogP contribution in [0.1, 0.15) is 35.6 Å². The fourth-order valence-electron chi connectivity index (χ4n) is 3.29. The zero-order chi connectivity index (χ0) is 14.1. The Bertz CT molecular complexity index is 462. The molecule has 1 saturated heterocycles. The van der Waals surface area contributed by atoms with Crippen molar-refractivity contribution in [3.05, 3.63) is 34.9 Å². The maximum atomic E-state index is 10.5. The van der Waals surface area contributed by atoms with Crippen LogP contribution < -0.4 is 0 Å². The Labute approximate surface area is 122 Å². The molecule has 1 aliphatic heterocycles. The molecule has 3 heteroatoms. The van der Waals surface area contributed by atoms with Gasteiger partial charge in [0.1, 0.15) is 0 Å². The number of nitrogens with zero attached hydrogens (tertiary/aromatic N) is 2. The molecule has 0 radical (unpaired) electrons. The van der Waals surface area contributed by atoms with Crippen molar-refractivity contribution in [2.24, 2.45) is 0 Å². The smallest absolute Gasteiger partial charge is 0.0919 e. The molecule has 0 bridgehead atoms. The standard InChI is InChI=1S/C17H26N2O/c1-13-3-6-16(14(2)11-13)17(20)12-18-7-9-19(10-8-18)15-4-5-15/h3,6,11,15,17,20H,4-5,7-10,12H2,1-2H3. The first-order chi connectivity index (χ1) is 9.63. The monoisotopic (exact) mass is 274 g/mol. The highest BCUT2D eigenvalue weighted by Gasteiger charge is 2.31. The van der Waals surface area contributed by atoms with Crippen molar-refractivity contribution in [3.8, 4) is 0 Å². The van der Waals surface area contributed by atoms with Crippen molar-refractivity contribution >= 4 is 0 Å². The Hall–Kier alpha value is -0.900. The van der Waals surface area contributed by atoms with Crippen LogP contribution in [0.5, 0.6) is 0 Å². The van der Waals surface area contributed by atoms with Crippen LogP contribution in [-0.4, -0.2) is 53.7 Å². The molecule has 0 aromatic heterocycles. The van der Waals surface area contributed by atoms with E-state index in [1.165, 1.54) is 37.1 Å². The maximum Gasteiger partial charge on any atom is 0.0919 e. The maximum absolute atomic E-state index is 10.5. The zero-order valence-electron chi connectivity index (χ0n) is 12.7. The van der Waals surface area contributed by atoms with Crippen molar-refractivity contribution in [1.29, 1.82) is 0 Å². The molecule has 1 unspecified atom stereocenters. The van der Waals surface area contributed by atoms with Crippen LogP contribution in [0.15, 0.2) is 18.2 Å². The van der Waals surface area contributed by atoms with Crippen molar-refractivity contribution < 1.29 is 5.11 Å². The van der Waals surface area contributed by atoms with E-state index < -0.39 is 0 Å². The molecule has 0 amide bonds. The molecule has 1 heterocycles. The van der Waals surface area contributed by atoms with Gasteiger partial charge >= 0.3 is 0 Å². The normalized spacial score (nSPS) is 22.9. The number of aliphatic hydroxyl groups is 1. The third kappa shape index (κ3) is 3.22. The molecule has 110 valence electrons. The van der Waals surface area contributed by atoms with Gasteiger partial charge in [0.2, 0.25) is 0 Å². The lowest BCUT2D eigenvalue weighted by Gasteiger charge is -2.35. The van der Waals surface area contributed by atoms with Gasteiger partial charge in [0.15, 0.2) is 0 Å². The lowest BCUT2D eigenvalue weighted by atomic mass is 10.0. The second kappa shape index (κ2) is 5.84. The van der Waals surface area contributed by atoms with Gasteiger partial charge in [-0.3, -0.25) is 9.80 Å². The Morgan fingerprint density at radius 2 is 1.85 bits per heavy atom. The second-order valence-electron chi connectivity index (χ2n) is 6.44. The van der Waals surface area contributed by atoms with Crippen LogP contribution in [0.3, 0.4) is 0 Å². The third-order valence-electron chi connectivity index (χ3n) is 4.69. The lowest BCUT2D eigenvalue weighted by molar-refractivity contribution is 0.0697. The predicted molar refractivity (Wildman–Crippen MR) is 81.9 cm³/mol. The number of hydrogen-bond acceptors (Lipinski definition) is 3. The van der Waals surface area contributed by atoms with Gasteiger partial charge in [-0.1, -0.05) is 23.8 Å². The van der Waals surface area contributed by atoms with Gasteiger partial charge in [-0.2, -0.15) is 0 Å². The minimum atomic E-state index is -0.358. The number of aliphatic hydroxyl groups excluding tert-OH is 1. The molecular formula is C17H26N2O. The Morgan fingerprint density at radius 1 is 1.15 bits per heavy atom. The van der Waals surface area contributed by atoms with Crippen LogP contribution >= 0.6 is 0 Å². The minimum Gasteiger partial charge on any atom is -0.387 e. The van der Waals surface area contributed by atoms with E-state index in [1.54, 1.807) is 0 Å². The van der Waals surface area contributed by atoms with Gasteiger partial charge in [0.25, 0.3) is 0 Å². The van der Waals surface area contributed by atoms with Crippen molar-refractivity contribution in [2.45, 2.75) is 38.8 Å². The van der Waals surface area contributed by atoms with E-state index >= 15 is 0 Å². The fourth-order valence-corrected chi connectivity index (χ4v) is 3.29. The summed E-state index contributed by atoms with van der Waals surface area (Å²) >= 11 is 0. The van der Waals surface area contributed by atoms with Crippen molar-refractivity contribution in [2.75, 3.05) is 32.7 Å². The number of hydrogen-bond donors (Lipinski definition) is 1. The summed E-state index contributed by atoms with van der Waals surface area (Å²) in [5.41, 5.74) is 3.55. The number of rotatable bonds is 4. The zero-order valence-corrected chi connectivity index (χ0v) is 12.7. The van der Waals surface area contributed by atoms with E-state index in [2.05, 4.69) is 41.8 Å². The van der Waals surface area contributed by atoms with Crippen LogP contribution in [-0.2, 0) is 0 Å². The van der Waals surface area contributed by atoms with E-state index in [4.69, 9.17) is 0 Å².